The molecule has 0 saturated carbocycles. The van der Waals surface area contributed by atoms with E-state index in [2.05, 4.69) is 31.3 Å². The number of rotatable bonds is 2. The zero-order valence-electron chi connectivity index (χ0n) is 16.1. The molecule has 2 bridgehead atoms. The lowest BCUT2D eigenvalue weighted by Crippen LogP contribution is -2.58. The van der Waals surface area contributed by atoms with Crippen molar-refractivity contribution >= 4 is 34.4 Å². The second kappa shape index (κ2) is 6.45. The highest BCUT2D eigenvalue weighted by Crippen LogP contribution is 2.37. The third-order valence-electron chi connectivity index (χ3n) is 6.69. The van der Waals surface area contributed by atoms with Gasteiger partial charge in [0.05, 0.1) is 43.5 Å². The standard InChI is InChI=1S/C19H25ClN6O2/c1-23-15-7-16(20)21-18(26-9-14-6-12(26)11-28-14)17(15)22-19(23)25-3-2-24-4-5-27-10-13(24)8-25/h7,12-14H,2-6,8-11H2,1H3/t12-,13+,14-/m1/s1. The molecule has 2 aromatic heterocycles. The van der Waals surface area contributed by atoms with Crippen molar-refractivity contribution in [3.8, 4) is 0 Å². The molecule has 0 N–H and O–H groups in total. The summed E-state index contributed by atoms with van der Waals surface area (Å²) in [5, 5.41) is 0.520. The van der Waals surface area contributed by atoms with Crippen LogP contribution >= 0.6 is 11.6 Å². The van der Waals surface area contributed by atoms with E-state index in [1.807, 2.05) is 6.07 Å². The van der Waals surface area contributed by atoms with Gasteiger partial charge in [-0.05, 0) is 6.42 Å². The summed E-state index contributed by atoms with van der Waals surface area (Å²) in [5.74, 6) is 1.89. The van der Waals surface area contributed by atoms with E-state index in [-0.39, 0.29) is 0 Å². The zero-order valence-corrected chi connectivity index (χ0v) is 16.8. The average Bonchev–Trinajstić information content (AvgIpc) is 3.42. The summed E-state index contributed by atoms with van der Waals surface area (Å²) in [5.41, 5.74) is 1.98. The second-order valence-electron chi connectivity index (χ2n) is 8.32. The van der Waals surface area contributed by atoms with Gasteiger partial charge in [-0.1, -0.05) is 11.6 Å². The Morgan fingerprint density at radius 1 is 1.11 bits per heavy atom. The lowest BCUT2D eigenvalue weighted by atomic mass is 10.1. The van der Waals surface area contributed by atoms with Gasteiger partial charge in [-0.2, -0.15) is 0 Å². The molecule has 4 aliphatic heterocycles. The first kappa shape index (κ1) is 17.3. The van der Waals surface area contributed by atoms with Gasteiger partial charge >= 0.3 is 0 Å². The van der Waals surface area contributed by atoms with E-state index in [1.54, 1.807) is 0 Å². The fourth-order valence-electron chi connectivity index (χ4n) is 5.20. The molecule has 0 aliphatic carbocycles. The monoisotopic (exact) mass is 404 g/mol. The van der Waals surface area contributed by atoms with Crippen LogP contribution in [0.4, 0.5) is 11.8 Å². The molecule has 4 fully saturated rings. The Kier molecular flexibility index (Phi) is 3.98. The smallest absolute Gasteiger partial charge is 0.206 e. The molecular weight excluding hydrogens is 380 g/mol. The maximum Gasteiger partial charge on any atom is 0.206 e. The van der Waals surface area contributed by atoms with Crippen molar-refractivity contribution in [1.29, 1.82) is 0 Å². The summed E-state index contributed by atoms with van der Waals surface area (Å²) in [6.07, 6.45) is 1.38. The number of pyridine rings is 1. The van der Waals surface area contributed by atoms with Gasteiger partial charge in [-0.15, -0.1) is 0 Å². The Bertz CT molecular complexity index is 919. The first-order valence-corrected chi connectivity index (χ1v) is 10.5. The van der Waals surface area contributed by atoms with E-state index >= 15 is 0 Å². The second-order valence-corrected chi connectivity index (χ2v) is 8.70. The molecule has 0 aromatic carbocycles. The molecule has 3 atom stereocenters. The highest BCUT2D eigenvalue weighted by Gasteiger charge is 2.41. The molecule has 6 rings (SSSR count). The summed E-state index contributed by atoms with van der Waals surface area (Å²) in [6, 6.07) is 2.75. The number of imidazole rings is 1. The molecule has 9 heteroatoms. The Hall–Kier alpha value is -1.61. The molecule has 8 nitrogen and oxygen atoms in total. The Morgan fingerprint density at radius 3 is 2.86 bits per heavy atom. The zero-order chi connectivity index (χ0) is 18.8. The fourth-order valence-corrected chi connectivity index (χ4v) is 5.38. The van der Waals surface area contributed by atoms with Gasteiger partial charge in [0.1, 0.15) is 10.7 Å². The maximum atomic E-state index is 6.42. The highest BCUT2D eigenvalue weighted by molar-refractivity contribution is 6.30. The van der Waals surface area contributed by atoms with Crippen LogP contribution in [-0.4, -0.2) is 90.2 Å². The van der Waals surface area contributed by atoms with E-state index in [0.717, 1.165) is 81.8 Å². The number of fused-ring (bicyclic) bond motifs is 4. The molecule has 28 heavy (non-hydrogen) atoms. The number of aromatic nitrogens is 3. The molecule has 6 heterocycles. The molecule has 0 amide bonds. The average molecular weight is 405 g/mol. The lowest BCUT2D eigenvalue weighted by Gasteiger charge is -2.43. The minimum Gasteiger partial charge on any atom is -0.378 e. The maximum absolute atomic E-state index is 6.42. The van der Waals surface area contributed by atoms with Crippen molar-refractivity contribution in [2.24, 2.45) is 7.05 Å². The van der Waals surface area contributed by atoms with Crippen molar-refractivity contribution in [2.45, 2.75) is 24.6 Å². The summed E-state index contributed by atoms with van der Waals surface area (Å²) in [7, 11) is 2.08. The van der Waals surface area contributed by atoms with Gasteiger partial charge in [-0.3, -0.25) is 4.90 Å². The minimum atomic E-state index is 0.309. The van der Waals surface area contributed by atoms with Crippen LogP contribution < -0.4 is 9.80 Å². The van der Waals surface area contributed by atoms with Gasteiger partial charge in [-0.25, -0.2) is 9.97 Å². The Labute approximate surface area is 169 Å². The Morgan fingerprint density at radius 2 is 2.04 bits per heavy atom. The number of aryl methyl sites for hydroxylation is 1. The number of nitrogens with zero attached hydrogens (tertiary/aromatic N) is 6. The quantitative estimate of drug-likeness (QED) is 0.695. The number of ether oxygens (including phenoxy) is 2. The third kappa shape index (κ3) is 2.62. The van der Waals surface area contributed by atoms with E-state index in [0.29, 0.717) is 23.3 Å². The predicted octanol–water partition coefficient (Wildman–Crippen LogP) is 1.12. The number of hydrogen-bond donors (Lipinski definition) is 0. The SMILES string of the molecule is Cn1c(N2CCN3CCOC[C@@H]3C2)nc2c(N3C[C@H]4C[C@@H]3CO4)nc(Cl)cc21. The van der Waals surface area contributed by atoms with E-state index in [1.165, 1.54) is 0 Å². The first-order chi connectivity index (χ1) is 13.7. The summed E-state index contributed by atoms with van der Waals surface area (Å²) >= 11 is 6.42. The Balaban J connectivity index is 1.38. The van der Waals surface area contributed by atoms with Crippen LogP contribution in [0, 0.1) is 0 Å². The summed E-state index contributed by atoms with van der Waals surface area (Å²) < 4.78 is 13.6. The van der Waals surface area contributed by atoms with Crippen LogP contribution in [0.5, 0.6) is 0 Å². The van der Waals surface area contributed by atoms with Gasteiger partial charge in [0.25, 0.3) is 0 Å². The topological polar surface area (TPSA) is 58.9 Å². The van der Waals surface area contributed by atoms with Crippen molar-refractivity contribution in [3.05, 3.63) is 11.2 Å². The van der Waals surface area contributed by atoms with Crippen molar-refractivity contribution in [1.82, 2.24) is 19.4 Å². The van der Waals surface area contributed by atoms with Crippen molar-refractivity contribution < 1.29 is 9.47 Å². The number of morpholine rings is 2. The molecule has 4 saturated heterocycles. The molecule has 0 radical (unpaired) electrons. The third-order valence-corrected chi connectivity index (χ3v) is 6.88. The van der Waals surface area contributed by atoms with E-state index < -0.39 is 0 Å². The van der Waals surface area contributed by atoms with Crippen LogP contribution in [0.3, 0.4) is 0 Å². The first-order valence-electron chi connectivity index (χ1n) is 10.2. The summed E-state index contributed by atoms with van der Waals surface area (Å²) in [6.45, 7) is 7.29. The fraction of sp³-hybridized carbons (Fsp3) is 0.684. The number of anilines is 2. The van der Waals surface area contributed by atoms with Crippen molar-refractivity contribution in [3.63, 3.8) is 0 Å². The highest BCUT2D eigenvalue weighted by atomic mass is 35.5. The molecular formula is C19H25ClN6O2. The molecule has 2 aromatic rings. The number of halogens is 1. The van der Waals surface area contributed by atoms with Gasteiger partial charge in [0.2, 0.25) is 5.95 Å². The van der Waals surface area contributed by atoms with E-state index in [9.17, 15) is 0 Å². The molecule has 4 aliphatic rings. The van der Waals surface area contributed by atoms with Crippen molar-refractivity contribution in [2.75, 3.05) is 62.3 Å². The van der Waals surface area contributed by atoms with Crippen LogP contribution in [-0.2, 0) is 16.5 Å². The molecule has 0 unspecified atom stereocenters. The van der Waals surface area contributed by atoms with E-state index in [4.69, 9.17) is 26.1 Å². The molecule has 0 spiro atoms. The lowest BCUT2D eigenvalue weighted by molar-refractivity contribution is -0.0119. The number of hydrogen-bond acceptors (Lipinski definition) is 7. The number of piperazine rings is 1. The van der Waals surface area contributed by atoms with Crippen LogP contribution in [0.1, 0.15) is 6.42 Å². The van der Waals surface area contributed by atoms with Crippen LogP contribution in [0.25, 0.3) is 11.0 Å². The minimum absolute atomic E-state index is 0.309. The van der Waals surface area contributed by atoms with Gasteiger partial charge in [0, 0.05) is 45.8 Å². The van der Waals surface area contributed by atoms with Crippen LogP contribution in [0.2, 0.25) is 5.15 Å². The normalized spacial score (nSPS) is 30.4. The van der Waals surface area contributed by atoms with Gasteiger partial charge < -0.3 is 23.8 Å². The van der Waals surface area contributed by atoms with Crippen LogP contribution in [0.15, 0.2) is 6.07 Å². The largest absolute Gasteiger partial charge is 0.378 e. The molecule has 150 valence electrons. The van der Waals surface area contributed by atoms with Gasteiger partial charge in [0.15, 0.2) is 5.82 Å². The summed E-state index contributed by atoms with van der Waals surface area (Å²) in [4.78, 5) is 17.0. The predicted molar refractivity (Wildman–Crippen MR) is 107 cm³/mol.